The van der Waals surface area contributed by atoms with Crippen molar-refractivity contribution in [1.82, 2.24) is 5.32 Å². The van der Waals surface area contributed by atoms with Crippen LogP contribution in [0.3, 0.4) is 0 Å². The third-order valence-corrected chi connectivity index (χ3v) is 2.08. The van der Waals surface area contributed by atoms with Crippen molar-refractivity contribution in [3.8, 4) is 5.75 Å². The minimum Gasteiger partial charge on any atom is -0.512 e. The molecule has 0 bridgehead atoms. The Morgan fingerprint density at radius 2 is 2.05 bits per heavy atom. The number of rotatable bonds is 4. The molecule has 8 heteroatoms. The summed E-state index contributed by atoms with van der Waals surface area (Å²) in [6, 6.07) is 3.46. The Morgan fingerprint density at radius 3 is 2.60 bits per heavy atom. The molecule has 0 unspecified atom stereocenters. The topological polar surface area (TPSA) is 88.0 Å². The highest BCUT2D eigenvalue weighted by Crippen LogP contribution is 2.20. The molecule has 0 atom stereocenters. The van der Waals surface area contributed by atoms with E-state index in [1.165, 1.54) is 6.07 Å². The van der Waals surface area contributed by atoms with Gasteiger partial charge in [0.15, 0.2) is 0 Å². The summed E-state index contributed by atoms with van der Waals surface area (Å²) in [6.07, 6.45) is -0.669. The standard InChI is InChI=1S/C12H17BFNO5/c1-12(2,3)19-11(16)15-7-8-6-9(14)4-5-10(8)20-13(17)18/h4-6,17-18H,7H2,1-3H3,(H,15,16). The van der Waals surface area contributed by atoms with Crippen LogP contribution in [0.15, 0.2) is 18.2 Å². The summed E-state index contributed by atoms with van der Waals surface area (Å²) in [7, 11) is -2.03. The van der Waals surface area contributed by atoms with Gasteiger partial charge in [-0.2, -0.15) is 0 Å². The third kappa shape index (κ3) is 5.90. The molecule has 0 radical (unpaired) electrons. The molecule has 0 aromatic heterocycles. The van der Waals surface area contributed by atoms with Crippen LogP contribution < -0.4 is 9.97 Å². The number of hydrogen-bond acceptors (Lipinski definition) is 5. The molecule has 110 valence electrons. The van der Waals surface area contributed by atoms with Crippen LogP contribution in [0.2, 0.25) is 0 Å². The van der Waals surface area contributed by atoms with Gasteiger partial charge in [0, 0.05) is 12.1 Å². The van der Waals surface area contributed by atoms with Crippen LogP contribution in [-0.4, -0.2) is 29.1 Å². The van der Waals surface area contributed by atoms with Gasteiger partial charge < -0.3 is 24.8 Å². The van der Waals surface area contributed by atoms with Crippen LogP contribution in [0.4, 0.5) is 9.18 Å². The lowest BCUT2D eigenvalue weighted by molar-refractivity contribution is 0.0523. The molecule has 0 saturated carbocycles. The Labute approximate surface area is 116 Å². The lowest BCUT2D eigenvalue weighted by Gasteiger charge is -2.20. The SMILES string of the molecule is CC(C)(C)OC(=O)NCc1cc(F)ccc1OB(O)O. The Kier molecular flexibility index (Phi) is 5.35. The predicted molar refractivity (Wildman–Crippen MR) is 70.3 cm³/mol. The average molecular weight is 285 g/mol. The van der Waals surface area contributed by atoms with E-state index in [1.54, 1.807) is 20.8 Å². The van der Waals surface area contributed by atoms with Crippen molar-refractivity contribution in [2.45, 2.75) is 32.9 Å². The van der Waals surface area contributed by atoms with E-state index in [0.29, 0.717) is 0 Å². The van der Waals surface area contributed by atoms with Crippen molar-refractivity contribution in [2.75, 3.05) is 0 Å². The number of carbonyl (C=O) groups excluding carboxylic acids is 1. The van der Waals surface area contributed by atoms with Crippen LogP contribution >= 0.6 is 0 Å². The van der Waals surface area contributed by atoms with E-state index in [2.05, 4.69) is 9.97 Å². The summed E-state index contributed by atoms with van der Waals surface area (Å²) in [6.45, 7) is 5.07. The molecule has 0 aliphatic rings. The lowest BCUT2D eigenvalue weighted by atomic mass is 10.1. The van der Waals surface area contributed by atoms with Crippen LogP contribution in [0, 0.1) is 5.82 Å². The number of ether oxygens (including phenoxy) is 1. The van der Waals surface area contributed by atoms with Gasteiger partial charge in [-0.1, -0.05) is 0 Å². The largest absolute Gasteiger partial charge is 0.707 e. The number of hydrogen-bond donors (Lipinski definition) is 3. The zero-order chi connectivity index (χ0) is 15.3. The van der Waals surface area contributed by atoms with Gasteiger partial charge in [0.25, 0.3) is 0 Å². The fraction of sp³-hybridized carbons (Fsp3) is 0.417. The van der Waals surface area contributed by atoms with Crippen LogP contribution in [0.25, 0.3) is 0 Å². The van der Waals surface area contributed by atoms with Crippen LogP contribution in [0.1, 0.15) is 26.3 Å². The molecule has 1 aromatic carbocycles. The van der Waals surface area contributed by atoms with E-state index in [9.17, 15) is 9.18 Å². The highest BCUT2D eigenvalue weighted by Gasteiger charge is 2.18. The maximum atomic E-state index is 13.2. The first-order chi connectivity index (χ1) is 9.17. The summed E-state index contributed by atoms with van der Waals surface area (Å²) < 4.78 is 22.9. The van der Waals surface area contributed by atoms with Gasteiger partial charge in [-0.25, -0.2) is 9.18 Å². The number of amides is 1. The van der Waals surface area contributed by atoms with Crippen molar-refractivity contribution in [3.05, 3.63) is 29.6 Å². The minimum atomic E-state index is -2.03. The van der Waals surface area contributed by atoms with Gasteiger partial charge in [-0.05, 0) is 39.0 Å². The molecule has 3 N–H and O–H groups in total. The number of carbonyl (C=O) groups is 1. The summed E-state index contributed by atoms with van der Waals surface area (Å²) in [5.41, 5.74) is -0.393. The zero-order valence-electron chi connectivity index (χ0n) is 11.5. The van der Waals surface area contributed by atoms with Gasteiger partial charge in [0.1, 0.15) is 17.2 Å². The summed E-state index contributed by atoms with van der Waals surface area (Å²) in [5, 5.41) is 19.9. The van der Waals surface area contributed by atoms with Crippen LogP contribution in [-0.2, 0) is 11.3 Å². The molecule has 0 saturated heterocycles. The van der Waals surface area contributed by atoms with Gasteiger partial charge in [0.2, 0.25) is 0 Å². The fourth-order valence-corrected chi connectivity index (χ4v) is 1.40. The smallest absolute Gasteiger partial charge is 0.512 e. The second-order valence-corrected chi connectivity index (χ2v) is 5.05. The quantitative estimate of drug-likeness (QED) is 0.723. The monoisotopic (exact) mass is 285 g/mol. The first-order valence-corrected chi connectivity index (χ1v) is 5.95. The summed E-state index contributed by atoms with van der Waals surface area (Å²) in [4.78, 5) is 11.5. The van der Waals surface area contributed by atoms with E-state index >= 15 is 0 Å². The highest BCUT2D eigenvalue weighted by atomic mass is 19.1. The van der Waals surface area contributed by atoms with E-state index in [4.69, 9.17) is 14.8 Å². The fourth-order valence-electron chi connectivity index (χ4n) is 1.40. The Balaban J connectivity index is 2.71. The summed E-state index contributed by atoms with van der Waals surface area (Å²) >= 11 is 0. The summed E-state index contributed by atoms with van der Waals surface area (Å²) in [5.74, 6) is -0.483. The molecular formula is C12H17BFNO5. The molecule has 0 aliphatic heterocycles. The second kappa shape index (κ2) is 6.58. The molecule has 0 spiro atoms. The van der Waals surface area contributed by atoms with E-state index in [1.807, 2.05) is 0 Å². The molecule has 0 aliphatic carbocycles. The molecule has 6 nitrogen and oxygen atoms in total. The van der Waals surface area contributed by atoms with Crippen molar-refractivity contribution in [2.24, 2.45) is 0 Å². The number of alkyl carbamates (subject to hydrolysis) is 1. The van der Waals surface area contributed by atoms with Crippen LogP contribution in [0.5, 0.6) is 5.75 Å². The highest BCUT2D eigenvalue weighted by molar-refractivity contribution is 6.33. The van der Waals surface area contributed by atoms with Crippen molar-refractivity contribution >= 4 is 13.4 Å². The zero-order valence-corrected chi connectivity index (χ0v) is 11.5. The normalized spacial score (nSPS) is 10.9. The second-order valence-electron chi connectivity index (χ2n) is 5.05. The van der Waals surface area contributed by atoms with Crippen molar-refractivity contribution in [3.63, 3.8) is 0 Å². The molecule has 1 rings (SSSR count). The van der Waals surface area contributed by atoms with Gasteiger partial charge in [0.05, 0.1) is 0 Å². The van der Waals surface area contributed by atoms with Gasteiger partial charge in [-0.3, -0.25) is 0 Å². The van der Waals surface area contributed by atoms with E-state index in [0.717, 1.165) is 12.1 Å². The molecule has 1 amide bonds. The first kappa shape index (κ1) is 16.3. The molecular weight excluding hydrogens is 268 g/mol. The van der Waals surface area contributed by atoms with Crippen molar-refractivity contribution < 1.29 is 28.6 Å². The average Bonchev–Trinajstić information content (AvgIpc) is 2.26. The Hall–Kier alpha value is -1.80. The minimum absolute atomic E-state index is 0.0532. The van der Waals surface area contributed by atoms with E-state index in [-0.39, 0.29) is 17.9 Å². The number of halogens is 1. The Bertz CT molecular complexity index is 475. The van der Waals surface area contributed by atoms with Gasteiger partial charge in [-0.15, -0.1) is 0 Å². The van der Waals surface area contributed by atoms with Crippen molar-refractivity contribution in [1.29, 1.82) is 0 Å². The molecule has 1 aromatic rings. The lowest BCUT2D eigenvalue weighted by Crippen LogP contribution is -2.32. The maximum absolute atomic E-state index is 13.2. The Morgan fingerprint density at radius 1 is 1.40 bits per heavy atom. The van der Waals surface area contributed by atoms with Gasteiger partial charge >= 0.3 is 13.4 Å². The first-order valence-electron chi connectivity index (χ1n) is 5.95. The van der Waals surface area contributed by atoms with E-state index < -0.39 is 24.8 Å². The maximum Gasteiger partial charge on any atom is 0.707 e. The molecule has 0 heterocycles. The number of benzene rings is 1. The number of nitrogens with one attached hydrogen (secondary N) is 1. The molecule has 0 fully saturated rings. The predicted octanol–water partition coefficient (Wildman–Crippen LogP) is 1.20. The molecule has 20 heavy (non-hydrogen) atoms. The third-order valence-electron chi connectivity index (χ3n) is 2.08.